The Hall–Kier alpha value is -5.93. The SMILES string of the molecule is Cc1ncsc1-c1ccc(CNC(=O)[C@@H]2CCCN2C(=O)[C@@H](NC(=O)CCCCCc2ccccc2CO[C@H](C)[C@H](CCC(N)=O)NC(=O)[C@@H]2Cc3cccc4c3N2C(=O)CCC4)C(C)(C)C)cc1. The van der Waals surface area contributed by atoms with Crippen LogP contribution in [-0.4, -0.2) is 82.1 Å². The van der Waals surface area contributed by atoms with Crippen LogP contribution in [0.2, 0.25) is 0 Å². The van der Waals surface area contributed by atoms with Crippen LogP contribution in [0.15, 0.2) is 72.2 Å². The summed E-state index contributed by atoms with van der Waals surface area (Å²) in [5.41, 5.74) is 14.9. The smallest absolute Gasteiger partial charge is 0.246 e. The normalized spacial score (nSPS) is 18.0. The highest BCUT2D eigenvalue weighted by molar-refractivity contribution is 7.13. The average Bonchev–Trinajstić information content (AvgIpc) is 4.07. The Morgan fingerprint density at radius 1 is 0.870 bits per heavy atom. The molecule has 3 aromatic carbocycles. The number of hydrogen-bond donors (Lipinski definition) is 4. The molecular formula is C54H69N7O7S. The Bertz CT molecular complexity index is 2480. The minimum absolute atomic E-state index is 0.0508. The molecule has 0 unspecified atom stereocenters. The topological polar surface area (TPSA) is 193 Å². The molecule has 0 radical (unpaired) electrons. The Kier molecular flexibility index (Phi) is 17.1. The van der Waals surface area contributed by atoms with Crippen molar-refractivity contribution in [1.29, 1.82) is 0 Å². The molecule has 4 heterocycles. The van der Waals surface area contributed by atoms with Gasteiger partial charge in [-0.15, -0.1) is 11.3 Å². The molecule has 6 amide bonds. The second kappa shape index (κ2) is 23.1. The third-order valence-corrected chi connectivity index (χ3v) is 14.8. The first kappa shape index (κ1) is 50.9. The first-order chi connectivity index (χ1) is 33.1. The Balaban J connectivity index is 0.866. The third-order valence-electron chi connectivity index (χ3n) is 13.8. The molecule has 69 heavy (non-hydrogen) atoms. The number of benzene rings is 3. The minimum Gasteiger partial charge on any atom is -0.372 e. The van der Waals surface area contributed by atoms with E-state index in [0.29, 0.717) is 51.6 Å². The van der Waals surface area contributed by atoms with E-state index < -0.39 is 41.6 Å². The van der Waals surface area contributed by atoms with E-state index in [2.05, 4.69) is 27.0 Å². The summed E-state index contributed by atoms with van der Waals surface area (Å²) in [7, 11) is 0. The van der Waals surface area contributed by atoms with Crippen molar-refractivity contribution in [3.63, 3.8) is 0 Å². The maximum Gasteiger partial charge on any atom is 0.246 e. The molecule has 0 saturated carbocycles. The number of primary amides is 1. The zero-order chi connectivity index (χ0) is 49.2. The summed E-state index contributed by atoms with van der Waals surface area (Å²) in [6.07, 6.45) is 6.83. The number of carbonyl (C=O) groups excluding carboxylic acids is 6. The van der Waals surface area contributed by atoms with E-state index in [1.807, 2.05) is 101 Å². The molecule has 3 aliphatic rings. The number of nitrogens with zero attached hydrogens (tertiary/aromatic N) is 3. The number of carbonyl (C=O) groups is 6. The average molecular weight is 960 g/mol. The van der Waals surface area contributed by atoms with Crippen LogP contribution < -0.4 is 26.6 Å². The van der Waals surface area contributed by atoms with Crippen LogP contribution in [0.25, 0.3) is 10.4 Å². The number of rotatable bonds is 21. The van der Waals surface area contributed by atoms with Crippen molar-refractivity contribution >= 4 is 52.5 Å². The predicted molar refractivity (Wildman–Crippen MR) is 268 cm³/mol. The number of hydrogen-bond acceptors (Lipinski definition) is 9. The zero-order valence-corrected chi connectivity index (χ0v) is 41.6. The number of thiazole rings is 1. The van der Waals surface area contributed by atoms with Gasteiger partial charge >= 0.3 is 0 Å². The van der Waals surface area contributed by atoms with E-state index in [9.17, 15) is 28.8 Å². The molecule has 7 rings (SSSR count). The minimum atomic E-state index is -0.786. The Morgan fingerprint density at radius 2 is 1.62 bits per heavy atom. The van der Waals surface area contributed by atoms with E-state index in [4.69, 9.17) is 10.5 Å². The highest BCUT2D eigenvalue weighted by Crippen LogP contribution is 2.39. The number of nitrogens with two attached hydrogens (primary N) is 1. The number of nitrogens with one attached hydrogen (secondary N) is 3. The fraction of sp³-hybridized carbons (Fsp3) is 0.500. The Labute approximate surface area is 410 Å². The van der Waals surface area contributed by atoms with E-state index in [1.54, 1.807) is 21.1 Å². The van der Waals surface area contributed by atoms with Crippen molar-refractivity contribution in [2.45, 2.75) is 162 Å². The molecule has 14 nitrogen and oxygen atoms in total. The summed E-state index contributed by atoms with van der Waals surface area (Å²) in [6, 6.07) is 19.5. The van der Waals surface area contributed by atoms with Gasteiger partial charge in [-0.3, -0.25) is 33.7 Å². The molecule has 5 N–H and O–H groups in total. The van der Waals surface area contributed by atoms with Gasteiger partial charge in [0.1, 0.15) is 18.1 Å². The van der Waals surface area contributed by atoms with E-state index in [0.717, 1.165) is 81.7 Å². The lowest BCUT2D eigenvalue weighted by molar-refractivity contribution is -0.143. The van der Waals surface area contributed by atoms with Gasteiger partial charge < -0.3 is 31.3 Å². The monoisotopic (exact) mass is 959 g/mol. The quantitative estimate of drug-likeness (QED) is 0.0641. The number of aryl methyl sites for hydroxylation is 3. The molecule has 1 aromatic heterocycles. The van der Waals surface area contributed by atoms with Gasteiger partial charge in [-0.05, 0) is 104 Å². The molecule has 0 spiro atoms. The fourth-order valence-corrected chi connectivity index (χ4v) is 10.7. The summed E-state index contributed by atoms with van der Waals surface area (Å²) in [4.78, 5) is 88.9. The van der Waals surface area contributed by atoms with Gasteiger partial charge in [0.15, 0.2) is 0 Å². The highest BCUT2D eigenvalue weighted by Gasteiger charge is 2.43. The number of amides is 6. The largest absolute Gasteiger partial charge is 0.372 e. The van der Waals surface area contributed by atoms with E-state index in [1.165, 1.54) is 0 Å². The molecule has 0 bridgehead atoms. The summed E-state index contributed by atoms with van der Waals surface area (Å²) < 4.78 is 6.40. The van der Waals surface area contributed by atoms with Crippen molar-refractivity contribution in [2.75, 3.05) is 11.4 Å². The van der Waals surface area contributed by atoms with Crippen molar-refractivity contribution in [1.82, 2.24) is 25.8 Å². The van der Waals surface area contributed by atoms with Crippen LogP contribution in [-0.2, 0) is 65.9 Å². The molecule has 4 aromatic rings. The van der Waals surface area contributed by atoms with Crippen LogP contribution >= 0.6 is 11.3 Å². The van der Waals surface area contributed by atoms with Gasteiger partial charge in [-0.2, -0.15) is 0 Å². The standard InChI is InChI=1S/C54H69N7O7S/c1-34-49(69-33-57-34)39-25-23-36(24-26-39)31-56-51(65)43-20-13-29-60(43)53(67)50(54(3,4)5)59-46(63)21-8-6-7-14-37-15-9-10-16-41(37)32-68-35(2)42(27-28-45(55)62)58-52(66)44-30-40-19-11-17-38-18-12-22-47(64)61(44)48(38)40/h9-11,15-17,19,23-26,33,35,42-44,50H,6-8,12-14,18,20-22,27-32H2,1-5H3,(H2,55,62)(H,56,65)(H,58,66)(H,59,63)/t35-,42+,43+,44+,50-/m1/s1. The fourth-order valence-electron chi connectivity index (χ4n) is 9.90. The molecular weight excluding hydrogens is 891 g/mol. The number of anilines is 1. The molecule has 0 aliphatic carbocycles. The van der Waals surface area contributed by atoms with Crippen LogP contribution in [0.3, 0.4) is 0 Å². The molecule has 3 aliphatic heterocycles. The second-order valence-corrected chi connectivity index (χ2v) is 20.8. The predicted octanol–water partition coefficient (Wildman–Crippen LogP) is 7.01. The maximum absolute atomic E-state index is 14.1. The second-order valence-electron chi connectivity index (χ2n) is 20.0. The van der Waals surface area contributed by atoms with Crippen LogP contribution in [0, 0.1) is 12.3 Å². The lowest BCUT2D eigenvalue weighted by atomic mass is 9.85. The van der Waals surface area contributed by atoms with Gasteiger partial charge in [0.2, 0.25) is 35.4 Å². The van der Waals surface area contributed by atoms with Gasteiger partial charge in [0.25, 0.3) is 0 Å². The molecule has 15 heteroatoms. The maximum atomic E-state index is 14.1. The summed E-state index contributed by atoms with van der Waals surface area (Å²) in [6.45, 7) is 10.7. The first-order valence-electron chi connectivity index (χ1n) is 24.7. The summed E-state index contributed by atoms with van der Waals surface area (Å²) >= 11 is 1.60. The van der Waals surface area contributed by atoms with Crippen molar-refractivity contribution in [3.8, 4) is 10.4 Å². The van der Waals surface area contributed by atoms with Gasteiger partial charge in [0.05, 0.1) is 40.5 Å². The number of para-hydroxylation sites is 1. The van der Waals surface area contributed by atoms with Crippen molar-refractivity contribution in [2.24, 2.45) is 11.1 Å². The lowest BCUT2D eigenvalue weighted by Gasteiger charge is -2.35. The van der Waals surface area contributed by atoms with Crippen LogP contribution in [0.5, 0.6) is 0 Å². The van der Waals surface area contributed by atoms with E-state index >= 15 is 0 Å². The molecule has 5 atom stereocenters. The van der Waals surface area contributed by atoms with Gasteiger partial charge in [-0.25, -0.2) is 4.98 Å². The summed E-state index contributed by atoms with van der Waals surface area (Å²) in [5.74, 6) is -1.42. The Morgan fingerprint density at radius 3 is 2.35 bits per heavy atom. The van der Waals surface area contributed by atoms with Crippen LogP contribution in [0.1, 0.15) is 125 Å². The summed E-state index contributed by atoms with van der Waals surface area (Å²) in [5, 5.41) is 9.21. The highest BCUT2D eigenvalue weighted by atomic mass is 32.1. The lowest BCUT2D eigenvalue weighted by Crippen LogP contribution is -2.57. The number of aromatic nitrogens is 1. The van der Waals surface area contributed by atoms with E-state index in [-0.39, 0.29) is 49.0 Å². The van der Waals surface area contributed by atoms with Crippen molar-refractivity contribution < 1.29 is 33.5 Å². The number of ether oxygens (including phenoxy) is 1. The number of unbranched alkanes of at least 4 members (excludes halogenated alkanes) is 2. The zero-order valence-electron chi connectivity index (χ0n) is 40.8. The van der Waals surface area contributed by atoms with Gasteiger partial charge in [0, 0.05) is 38.8 Å². The van der Waals surface area contributed by atoms with Gasteiger partial charge in [-0.1, -0.05) is 93.9 Å². The van der Waals surface area contributed by atoms with Crippen molar-refractivity contribution in [3.05, 3.63) is 106 Å². The molecule has 1 fully saturated rings. The first-order valence-corrected chi connectivity index (χ1v) is 25.5. The number of likely N-dealkylation sites (tertiary alicyclic amines) is 1. The van der Waals surface area contributed by atoms with Crippen LogP contribution in [0.4, 0.5) is 5.69 Å². The molecule has 1 saturated heterocycles. The third kappa shape index (κ3) is 12.8. The molecule has 368 valence electrons.